The average Bonchev–Trinajstić information content (AvgIpc) is 2.77. The quantitative estimate of drug-likeness (QED) is 0.665. The smallest absolute Gasteiger partial charge is 0.196 e. The van der Waals surface area contributed by atoms with Gasteiger partial charge in [0.2, 0.25) is 0 Å². The van der Waals surface area contributed by atoms with E-state index < -0.39 is 0 Å². The van der Waals surface area contributed by atoms with Gasteiger partial charge in [-0.15, -0.1) is 0 Å². The van der Waals surface area contributed by atoms with Gasteiger partial charge in [-0.25, -0.2) is 0 Å². The Morgan fingerprint density at radius 1 is 0.536 bits per heavy atom. The SMILES string of the molecule is O=C1c2cccc(N3CCCCC3)c2C(=O)c2cccc(N3CCCCC3)c21. The van der Waals surface area contributed by atoms with Crippen LogP contribution in [0.1, 0.15) is 70.4 Å². The Labute approximate surface area is 166 Å². The van der Waals surface area contributed by atoms with Gasteiger partial charge in [0, 0.05) is 48.7 Å². The number of rotatable bonds is 2. The van der Waals surface area contributed by atoms with Crippen LogP contribution in [0.3, 0.4) is 0 Å². The molecule has 0 atom stereocenters. The van der Waals surface area contributed by atoms with Crippen LogP contribution in [0.5, 0.6) is 0 Å². The van der Waals surface area contributed by atoms with E-state index in [1.807, 2.05) is 36.4 Å². The molecule has 0 amide bonds. The van der Waals surface area contributed by atoms with Gasteiger partial charge in [0.05, 0.1) is 11.1 Å². The fourth-order valence-corrected chi connectivity index (χ4v) is 5.00. The lowest BCUT2D eigenvalue weighted by atomic mass is 9.81. The molecule has 3 aliphatic rings. The van der Waals surface area contributed by atoms with E-state index in [9.17, 15) is 9.59 Å². The molecule has 2 fully saturated rings. The van der Waals surface area contributed by atoms with Gasteiger partial charge in [0.15, 0.2) is 11.6 Å². The Morgan fingerprint density at radius 3 is 1.32 bits per heavy atom. The molecule has 0 bridgehead atoms. The van der Waals surface area contributed by atoms with Crippen molar-refractivity contribution in [1.82, 2.24) is 0 Å². The summed E-state index contributed by atoms with van der Waals surface area (Å²) in [6, 6.07) is 11.5. The van der Waals surface area contributed by atoms with Gasteiger partial charge in [-0.05, 0) is 50.7 Å². The summed E-state index contributed by atoms with van der Waals surface area (Å²) in [5.74, 6) is 0.00858. The van der Waals surface area contributed by atoms with Crippen LogP contribution < -0.4 is 9.80 Å². The van der Waals surface area contributed by atoms with E-state index in [4.69, 9.17) is 0 Å². The summed E-state index contributed by atoms with van der Waals surface area (Å²) in [6.07, 6.45) is 7.03. The van der Waals surface area contributed by atoms with Crippen LogP contribution in [0.2, 0.25) is 0 Å². The highest BCUT2D eigenvalue weighted by Crippen LogP contribution is 2.38. The summed E-state index contributed by atoms with van der Waals surface area (Å²) in [5.41, 5.74) is 4.24. The summed E-state index contributed by atoms with van der Waals surface area (Å²) >= 11 is 0. The third kappa shape index (κ3) is 2.74. The van der Waals surface area contributed by atoms with Crippen molar-refractivity contribution >= 4 is 22.9 Å². The second-order valence-electron chi connectivity index (χ2n) is 8.15. The molecule has 2 aliphatic heterocycles. The van der Waals surface area contributed by atoms with Crippen LogP contribution in [0, 0.1) is 0 Å². The van der Waals surface area contributed by atoms with Crippen molar-refractivity contribution in [3.05, 3.63) is 58.7 Å². The van der Waals surface area contributed by atoms with Crippen LogP contribution in [0.15, 0.2) is 36.4 Å². The van der Waals surface area contributed by atoms with Crippen LogP contribution >= 0.6 is 0 Å². The highest BCUT2D eigenvalue weighted by atomic mass is 16.1. The summed E-state index contributed by atoms with van der Waals surface area (Å²) in [5, 5.41) is 0. The van der Waals surface area contributed by atoms with E-state index >= 15 is 0 Å². The van der Waals surface area contributed by atoms with Gasteiger partial charge < -0.3 is 9.80 Å². The molecule has 0 saturated carbocycles. The maximum absolute atomic E-state index is 13.6. The third-order valence-electron chi connectivity index (χ3n) is 6.42. The predicted octanol–water partition coefficient (Wildman–Crippen LogP) is 4.44. The highest BCUT2D eigenvalue weighted by molar-refractivity contribution is 6.31. The van der Waals surface area contributed by atoms with Crippen LogP contribution in [-0.4, -0.2) is 37.7 Å². The van der Waals surface area contributed by atoms with Gasteiger partial charge in [-0.1, -0.05) is 24.3 Å². The first kappa shape index (κ1) is 17.5. The topological polar surface area (TPSA) is 40.6 Å². The number of hydrogen-bond acceptors (Lipinski definition) is 4. The van der Waals surface area contributed by atoms with Crippen LogP contribution in [-0.2, 0) is 0 Å². The molecule has 2 aromatic carbocycles. The summed E-state index contributed by atoms with van der Waals surface area (Å²) in [7, 11) is 0. The first-order valence-electron chi connectivity index (χ1n) is 10.6. The van der Waals surface area contributed by atoms with Gasteiger partial charge in [0.1, 0.15) is 0 Å². The monoisotopic (exact) mass is 374 g/mol. The predicted molar refractivity (Wildman–Crippen MR) is 112 cm³/mol. The first-order chi connectivity index (χ1) is 13.8. The molecule has 28 heavy (non-hydrogen) atoms. The van der Waals surface area contributed by atoms with Gasteiger partial charge in [0.25, 0.3) is 0 Å². The third-order valence-corrected chi connectivity index (χ3v) is 6.42. The Kier molecular flexibility index (Phi) is 4.42. The highest BCUT2D eigenvalue weighted by Gasteiger charge is 2.35. The molecule has 2 saturated heterocycles. The lowest BCUT2D eigenvalue weighted by Crippen LogP contribution is -2.34. The molecule has 0 radical (unpaired) electrons. The minimum atomic E-state index is 0.00429. The van der Waals surface area contributed by atoms with E-state index in [0.29, 0.717) is 22.3 Å². The number of hydrogen-bond donors (Lipinski definition) is 0. The number of piperidine rings is 2. The zero-order chi connectivity index (χ0) is 19.1. The van der Waals surface area contributed by atoms with Gasteiger partial charge in [-0.3, -0.25) is 9.59 Å². The zero-order valence-corrected chi connectivity index (χ0v) is 16.2. The molecule has 0 spiro atoms. The van der Waals surface area contributed by atoms with E-state index in [-0.39, 0.29) is 11.6 Å². The fraction of sp³-hybridized carbons (Fsp3) is 0.417. The van der Waals surface area contributed by atoms with Gasteiger partial charge >= 0.3 is 0 Å². The molecule has 4 nitrogen and oxygen atoms in total. The molecule has 4 heteroatoms. The molecule has 5 rings (SSSR count). The second kappa shape index (κ2) is 7.08. The number of nitrogens with zero attached hydrogens (tertiary/aromatic N) is 2. The van der Waals surface area contributed by atoms with Crippen molar-refractivity contribution in [1.29, 1.82) is 0 Å². The first-order valence-corrected chi connectivity index (χ1v) is 10.6. The van der Waals surface area contributed by atoms with Crippen molar-refractivity contribution in [2.75, 3.05) is 36.0 Å². The minimum absolute atomic E-state index is 0.00429. The van der Waals surface area contributed by atoms with E-state index in [1.165, 1.54) is 12.8 Å². The van der Waals surface area contributed by atoms with E-state index in [0.717, 1.165) is 63.2 Å². The molecule has 0 N–H and O–H groups in total. The Hall–Kier alpha value is -2.62. The Bertz CT molecular complexity index is 860. The number of benzene rings is 2. The lowest BCUT2D eigenvalue weighted by Gasteiger charge is -2.34. The van der Waals surface area contributed by atoms with Gasteiger partial charge in [-0.2, -0.15) is 0 Å². The maximum Gasteiger partial charge on any atom is 0.196 e. The maximum atomic E-state index is 13.6. The summed E-state index contributed by atoms with van der Waals surface area (Å²) in [4.78, 5) is 31.7. The number of anilines is 2. The molecule has 0 unspecified atom stereocenters. The summed E-state index contributed by atoms with van der Waals surface area (Å²) < 4.78 is 0. The zero-order valence-electron chi connectivity index (χ0n) is 16.2. The molecule has 0 aromatic heterocycles. The average molecular weight is 374 g/mol. The number of carbonyl (C=O) groups is 2. The molecule has 1 aliphatic carbocycles. The van der Waals surface area contributed by atoms with Crippen molar-refractivity contribution < 1.29 is 9.59 Å². The number of carbonyl (C=O) groups excluding carboxylic acids is 2. The normalized spacial score (nSPS) is 19.4. The van der Waals surface area contributed by atoms with Crippen LogP contribution in [0.4, 0.5) is 11.4 Å². The second-order valence-corrected chi connectivity index (χ2v) is 8.15. The van der Waals surface area contributed by atoms with E-state index in [2.05, 4.69) is 9.80 Å². The number of fused-ring (bicyclic) bond motifs is 2. The van der Waals surface area contributed by atoms with Crippen molar-refractivity contribution in [2.24, 2.45) is 0 Å². The molecular weight excluding hydrogens is 348 g/mol. The van der Waals surface area contributed by atoms with Crippen LogP contribution in [0.25, 0.3) is 0 Å². The van der Waals surface area contributed by atoms with Crippen molar-refractivity contribution in [3.63, 3.8) is 0 Å². The van der Waals surface area contributed by atoms with Crippen molar-refractivity contribution in [2.45, 2.75) is 38.5 Å². The number of ketones is 2. The molecule has 2 heterocycles. The lowest BCUT2D eigenvalue weighted by molar-refractivity contribution is 0.0979. The minimum Gasteiger partial charge on any atom is -0.371 e. The van der Waals surface area contributed by atoms with Crippen molar-refractivity contribution in [3.8, 4) is 0 Å². The molecule has 144 valence electrons. The van der Waals surface area contributed by atoms with E-state index in [1.54, 1.807) is 0 Å². The molecule has 2 aromatic rings. The Morgan fingerprint density at radius 2 is 0.929 bits per heavy atom. The standard InChI is InChI=1S/C24H26N2O2/c27-23-18-10-8-12-20(26-15-5-2-6-16-26)22(18)24(28)17-9-7-11-19(21(17)23)25-13-3-1-4-14-25/h7-12H,1-6,13-16H2. The molecular formula is C24H26N2O2. The Balaban J connectivity index is 1.62. The largest absolute Gasteiger partial charge is 0.371 e. The fourth-order valence-electron chi connectivity index (χ4n) is 5.00. The summed E-state index contributed by atoms with van der Waals surface area (Å²) in [6.45, 7) is 3.83.